The summed E-state index contributed by atoms with van der Waals surface area (Å²) in [5.74, 6) is 1.01. The van der Waals surface area contributed by atoms with Gasteiger partial charge in [-0.1, -0.05) is 36.4 Å². The van der Waals surface area contributed by atoms with Crippen molar-refractivity contribution in [1.29, 1.82) is 0 Å². The maximum absolute atomic E-state index is 13.7. The van der Waals surface area contributed by atoms with E-state index in [1.807, 2.05) is 37.3 Å². The first kappa shape index (κ1) is 19.7. The van der Waals surface area contributed by atoms with Gasteiger partial charge in [-0.2, -0.15) is 0 Å². The Labute approximate surface area is 153 Å². The predicted octanol–water partition coefficient (Wildman–Crippen LogP) is 2.88. The molecule has 1 unspecified atom stereocenters. The number of hydrogen-bond donors (Lipinski definition) is 3. The number of hydrogen-bond acceptors (Lipinski definition) is 3. The summed E-state index contributed by atoms with van der Waals surface area (Å²) in [7, 11) is 0. The number of aliphatic hydroxyl groups excluding tert-OH is 1. The number of guanidine groups is 1. The van der Waals surface area contributed by atoms with E-state index < -0.39 is 11.9 Å². The number of ether oxygens (including phenoxy) is 1. The lowest BCUT2D eigenvalue weighted by molar-refractivity contribution is 0.182. The van der Waals surface area contributed by atoms with Crippen molar-refractivity contribution in [1.82, 2.24) is 10.6 Å². The highest BCUT2D eigenvalue weighted by Crippen LogP contribution is 2.16. The van der Waals surface area contributed by atoms with Gasteiger partial charge in [-0.25, -0.2) is 4.39 Å². The lowest BCUT2D eigenvalue weighted by Gasteiger charge is -2.14. The molecule has 1 atom stereocenters. The smallest absolute Gasteiger partial charge is 0.191 e. The number of rotatable bonds is 9. The van der Waals surface area contributed by atoms with Crippen molar-refractivity contribution in [2.45, 2.75) is 19.4 Å². The van der Waals surface area contributed by atoms with Gasteiger partial charge in [0.05, 0.1) is 13.2 Å². The second kappa shape index (κ2) is 11.1. The molecule has 0 spiro atoms. The Kier molecular flexibility index (Phi) is 8.42. The minimum Gasteiger partial charge on any atom is -0.494 e. The van der Waals surface area contributed by atoms with Crippen LogP contribution < -0.4 is 15.4 Å². The highest BCUT2D eigenvalue weighted by Gasteiger charge is 2.11. The van der Waals surface area contributed by atoms with Gasteiger partial charge in [-0.05, 0) is 31.5 Å². The van der Waals surface area contributed by atoms with Gasteiger partial charge >= 0.3 is 0 Å². The summed E-state index contributed by atoms with van der Waals surface area (Å²) in [6, 6.07) is 15.8. The summed E-state index contributed by atoms with van der Waals surface area (Å²) < 4.78 is 19.3. The molecule has 0 heterocycles. The van der Waals surface area contributed by atoms with E-state index in [1.165, 1.54) is 6.07 Å². The molecule has 0 radical (unpaired) electrons. The van der Waals surface area contributed by atoms with Crippen molar-refractivity contribution >= 4 is 5.96 Å². The third-order valence-electron chi connectivity index (χ3n) is 3.66. The zero-order valence-electron chi connectivity index (χ0n) is 15.0. The van der Waals surface area contributed by atoms with E-state index in [0.29, 0.717) is 25.7 Å². The second-order valence-electron chi connectivity index (χ2n) is 5.70. The zero-order chi connectivity index (χ0) is 18.6. The first-order valence-corrected chi connectivity index (χ1v) is 8.83. The van der Waals surface area contributed by atoms with E-state index >= 15 is 0 Å². The van der Waals surface area contributed by atoms with Crippen LogP contribution in [0.2, 0.25) is 0 Å². The Hall–Kier alpha value is -2.60. The van der Waals surface area contributed by atoms with Crippen LogP contribution >= 0.6 is 0 Å². The number of benzene rings is 2. The largest absolute Gasteiger partial charge is 0.494 e. The minimum atomic E-state index is -0.979. The van der Waals surface area contributed by atoms with E-state index in [0.717, 1.165) is 12.2 Å². The van der Waals surface area contributed by atoms with Crippen LogP contribution in [-0.2, 0) is 0 Å². The van der Waals surface area contributed by atoms with Crippen LogP contribution in [0.25, 0.3) is 0 Å². The van der Waals surface area contributed by atoms with E-state index in [-0.39, 0.29) is 12.1 Å². The Bertz CT molecular complexity index is 680. The van der Waals surface area contributed by atoms with Gasteiger partial charge < -0.3 is 20.5 Å². The average Bonchev–Trinajstić information content (AvgIpc) is 2.66. The summed E-state index contributed by atoms with van der Waals surface area (Å²) in [4.78, 5) is 4.32. The Morgan fingerprint density at radius 1 is 1.12 bits per heavy atom. The molecule has 3 N–H and O–H groups in total. The van der Waals surface area contributed by atoms with E-state index in [4.69, 9.17) is 4.74 Å². The summed E-state index contributed by atoms with van der Waals surface area (Å²) in [5, 5.41) is 16.4. The predicted molar refractivity (Wildman–Crippen MR) is 102 cm³/mol. The molecule has 2 aromatic carbocycles. The maximum atomic E-state index is 13.7. The van der Waals surface area contributed by atoms with Gasteiger partial charge in [-0.15, -0.1) is 0 Å². The molecular weight excluding hydrogens is 333 g/mol. The summed E-state index contributed by atoms with van der Waals surface area (Å²) in [6.45, 7) is 4.00. The Morgan fingerprint density at radius 3 is 2.58 bits per heavy atom. The molecule has 0 bridgehead atoms. The van der Waals surface area contributed by atoms with E-state index in [1.54, 1.807) is 18.2 Å². The quantitative estimate of drug-likeness (QED) is 0.366. The van der Waals surface area contributed by atoms with Crippen LogP contribution in [-0.4, -0.2) is 37.3 Å². The number of aliphatic hydroxyl groups is 1. The van der Waals surface area contributed by atoms with Crippen LogP contribution in [0.15, 0.2) is 59.6 Å². The molecule has 0 aromatic heterocycles. The molecule has 0 fully saturated rings. The van der Waals surface area contributed by atoms with Crippen LogP contribution in [0, 0.1) is 5.82 Å². The molecule has 5 nitrogen and oxygen atoms in total. The molecule has 0 aliphatic heterocycles. The Morgan fingerprint density at radius 2 is 1.85 bits per heavy atom. The van der Waals surface area contributed by atoms with Crippen molar-refractivity contribution in [2.24, 2.45) is 4.99 Å². The molecule has 0 aliphatic rings. The van der Waals surface area contributed by atoms with Crippen LogP contribution in [0.5, 0.6) is 5.75 Å². The number of nitrogens with zero attached hydrogens (tertiary/aromatic N) is 1. The average molecular weight is 359 g/mol. The first-order valence-electron chi connectivity index (χ1n) is 8.83. The van der Waals surface area contributed by atoms with Gasteiger partial charge in [0.2, 0.25) is 0 Å². The van der Waals surface area contributed by atoms with Crippen LogP contribution in [0.1, 0.15) is 25.0 Å². The van der Waals surface area contributed by atoms with Gasteiger partial charge in [0.25, 0.3) is 0 Å². The third kappa shape index (κ3) is 6.72. The molecule has 2 rings (SSSR count). The van der Waals surface area contributed by atoms with Crippen molar-refractivity contribution in [3.05, 3.63) is 66.0 Å². The van der Waals surface area contributed by atoms with Gasteiger partial charge in [0, 0.05) is 18.7 Å². The highest BCUT2D eigenvalue weighted by molar-refractivity contribution is 5.79. The highest BCUT2D eigenvalue weighted by atomic mass is 19.1. The summed E-state index contributed by atoms with van der Waals surface area (Å²) in [5.41, 5.74) is 0.253. The standard InChI is InChI=1S/C20H26FN3O2/c1-2-22-20(23-13-8-14-26-16-9-4-3-5-10-16)24-15-19(25)17-11-6-7-12-18(17)21/h3-7,9-12,19,25H,2,8,13-15H2,1H3,(H2,22,23,24). The van der Waals surface area contributed by atoms with Gasteiger partial charge in [0.1, 0.15) is 17.7 Å². The van der Waals surface area contributed by atoms with Gasteiger partial charge in [0.15, 0.2) is 5.96 Å². The molecule has 0 aliphatic carbocycles. The lowest BCUT2D eigenvalue weighted by atomic mass is 10.1. The Balaban J connectivity index is 1.76. The lowest BCUT2D eigenvalue weighted by Crippen LogP contribution is -2.38. The molecule has 0 saturated carbocycles. The molecule has 26 heavy (non-hydrogen) atoms. The fourth-order valence-electron chi connectivity index (χ4n) is 2.35. The van der Waals surface area contributed by atoms with Crippen LogP contribution in [0.4, 0.5) is 4.39 Å². The monoisotopic (exact) mass is 359 g/mol. The van der Waals surface area contributed by atoms with Crippen LogP contribution in [0.3, 0.4) is 0 Å². The second-order valence-corrected chi connectivity index (χ2v) is 5.70. The fraction of sp³-hybridized carbons (Fsp3) is 0.350. The molecule has 0 saturated heterocycles. The number of aliphatic imine (C=N–C) groups is 1. The molecular formula is C20H26FN3O2. The molecule has 140 valence electrons. The summed E-state index contributed by atoms with van der Waals surface area (Å²) in [6.07, 6.45) is -0.178. The summed E-state index contributed by atoms with van der Waals surface area (Å²) >= 11 is 0. The number of nitrogens with one attached hydrogen (secondary N) is 2. The van der Waals surface area contributed by atoms with E-state index in [9.17, 15) is 9.50 Å². The first-order chi connectivity index (χ1) is 12.7. The third-order valence-corrected chi connectivity index (χ3v) is 3.66. The number of para-hydroxylation sites is 1. The van der Waals surface area contributed by atoms with E-state index in [2.05, 4.69) is 15.6 Å². The van der Waals surface area contributed by atoms with Crippen molar-refractivity contribution in [3.8, 4) is 5.75 Å². The molecule has 0 amide bonds. The topological polar surface area (TPSA) is 65.9 Å². The van der Waals surface area contributed by atoms with Crippen molar-refractivity contribution in [2.75, 3.05) is 26.2 Å². The molecule has 6 heteroatoms. The normalized spacial score (nSPS) is 12.5. The maximum Gasteiger partial charge on any atom is 0.191 e. The fourth-order valence-corrected chi connectivity index (χ4v) is 2.35. The minimum absolute atomic E-state index is 0.0801. The SMILES string of the molecule is CCNC(=NCC(O)c1ccccc1F)NCCCOc1ccccc1. The van der Waals surface area contributed by atoms with Crippen molar-refractivity contribution in [3.63, 3.8) is 0 Å². The molecule has 2 aromatic rings. The van der Waals surface area contributed by atoms with Crippen molar-refractivity contribution < 1.29 is 14.2 Å². The van der Waals surface area contributed by atoms with Gasteiger partial charge in [-0.3, -0.25) is 4.99 Å². The zero-order valence-corrected chi connectivity index (χ0v) is 15.0. The number of halogens is 1.